The number of carbonyl (C=O) groups excluding carboxylic acids is 1. The van der Waals surface area contributed by atoms with E-state index in [-0.39, 0.29) is 10.7 Å². The Balaban J connectivity index is 2.19. The van der Waals surface area contributed by atoms with Gasteiger partial charge in [0.15, 0.2) is 16.6 Å². The van der Waals surface area contributed by atoms with E-state index in [2.05, 4.69) is 10.6 Å². The zero-order chi connectivity index (χ0) is 20.1. The van der Waals surface area contributed by atoms with Gasteiger partial charge in [-0.25, -0.2) is 0 Å². The second-order valence-corrected chi connectivity index (χ2v) is 6.70. The summed E-state index contributed by atoms with van der Waals surface area (Å²) < 4.78 is 15.7. The number of hydrogen-bond acceptors (Lipinski definition) is 5. The van der Waals surface area contributed by atoms with Crippen LogP contribution in [0.15, 0.2) is 24.3 Å². The van der Waals surface area contributed by atoms with E-state index in [1.54, 1.807) is 0 Å². The van der Waals surface area contributed by atoms with Crippen molar-refractivity contribution in [1.29, 1.82) is 0 Å². The standard InChI is InChI=1S/C17H15Cl3N2O4S/c1-24-13-4-8(5-14(25-2)15(13)26-3)16(23)22-17(27)21-12-7-10(19)9(18)6-11(12)20/h4-7H,1-3H3,(H2,21,22,23,27). The van der Waals surface area contributed by atoms with Gasteiger partial charge in [-0.1, -0.05) is 34.8 Å². The van der Waals surface area contributed by atoms with Gasteiger partial charge in [-0.3, -0.25) is 10.1 Å². The molecule has 0 unspecified atom stereocenters. The van der Waals surface area contributed by atoms with E-state index in [0.717, 1.165) is 0 Å². The first kappa shape index (κ1) is 21.4. The fourth-order valence-corrected chi connectivity index (χ4v) is 2.96. The van der Waals surface area contributed by atoms with E-state index in [9.17, 15) is 4.79 Å². The summed E-state index contributed by atoms with van der Waals surface area (Å²) in [7, 11) is 4.38. The topological polar surface area (TPSA) is 68.8 Å². The summed E-state index contributed by atoms with van der Waals surface area (Å²) in [6.07, 6.45) is 0. The maximum atomic E-state index is 12.5. The molecule has 0 aliphatic heterocycles. The van der Waals surface area contributed by atoms with Crippen molar-refractivity contribution < 1.29 is 19.0 Å². The zero-order valence-corrected chi connectivity index (χ0v) is 17.6. The van der Waals surface area contributed by atoms with Gasteiger partial charge in [-0.05, 0) is 36.5 Å². The third-order valence-corrected chi connectivity index (χ3v) is 4.65. The molecule has 144 valence electrons. The van der Waals surface area contributed by atoms with E-state index >= 15 is 0 Å². The summed E-state index contributed by atoms with van der Waals surface area (Å²) in [6.45, 7) is 0. The van der Waals surface area contributed by atoms with Crippen molar-refractivity contribution in [2.75, 3.05) is 26.6 Å². The van der Waals surface area contributed by atoms with Gasteiger partial charge in [0.05, 0.1) is 42.1 Å². The Hall–Kier alpha value is -1.93. The van der Waals surface area contributed by atoms with Gasteiger partial charge in [0, 0.05) is 5.56 Å². The number of hydrogen-bond donors (Lipinski definition) is 2. The first-order valence-corrected chi connectivity index (χ1v) is 8.91. The number of thiocarbonyl (C=S) groups is 1. The van der Waals surface area contributed by atoms with Crippen LogP contribution in [0, 0.1) is 0 Å². The molecule has 2 aromatic rings. The monoisotopic (exact) mass is 448 g/mol. The van der Waals surface area contributed by atoms with E-state index in [4.69, 9.17) is 61.2 Å². The average molecular weight is 450 g/mol. The lowest BCUT2D eigenvalue weighted by Crippen LogP contribution is -2.34. The summed E-state index contributed by atoms with van der Waals surface area (Å²) in [4.78, 5) is 12.5. The lowest BCUT2D eigenvalue weighted by Gasteiger charge is -2.15. The van der Waals surface area contributed by atoms with Crippen molar-refractivity contribution in [3.63, 3.8) is 0 Å². The second kappa shape index (κ2) is 9.32. The quantitative estimate of drug-likeness (QED) is 0.505. The molecule has 27 heavy (non-hydrogen) atoms. The first-order chi connectivity index (χ1) is 12.8. The van der Waals surface area contributed by atoms with Crippen molar-refractivity contribution in [3.8, 4) is 17.2 Å². The van der Waals surface area contributed by atoms with Gasteiger partial charge in [0.2, 0.25) is 5.75 Å². The molecule has 0 saturated carbocycles. The van der Waals surface area contributed by atoms with Crippen molar-refractivity contribution in [1.82, 2.24) is 5.32 Å². The molecule has 0 aliphatic rings. The normalized spacial score (nSPS) is 10.1. The van der Waals surface area contributed by atoms with Gasteiger partial charge < -0.3 is 19.5 Å². The molecule has 0 spiro atoms. The zero-order valence-electron chi connectivity index (χ0n) is 14.5. The van der Waals surface area contributed by atoms with Gasteiger partial charge in [0.25, 0.3) is 5.91 Å². The number of rotatable bonds is 5. The number of amides is 1. The fraction of sp³-hybridized carbons (Fsp3) is 0.176. The first-order valence-electron chi connectivity index (χ1n) is 7.37. The molecular formula is C17H15Cl3N2O4S. The van der Waals surface area contributed by atoms with Gasteiger partial charge >= 0.3 is 0 Å². The molecular weight excluding hydrogens is 435 g/mol. The van der Waals surface area contributed by atoms with E-state index in [1.165, 1.54) is 45.6 Å². The van der Waals surface area contributed by atoms with Crippen molar-refractivity contribution in [3.05, 3.63) is 44.9 Å². The molecule has 2 aromatic carbocycles. The lowest BCUT2D eigenvalue weighted by atomic mass is 10.1. The molecule has 0 saturated heterocycles. The van der Waals surface area contributed by atoms with Crippen LogP contribution in [0.25, 0.3) is 0 Å². The molecule has 0 fully saturated rings. The summed E-state index contributed by atoms with van der Waals surface area (Å²) in [5, 5.41) is 6.26. The van der Waals surface area contributed by atoms with Crippen LogP contribution in [0.1, 0.15) is 10.4 Å². The number of methoxy groups -OCH3 is 3. The van der Waals surface area contributed by atoms with Gasteiger partial charge in [-0.2, -0.15) is 0 Å². The van der Waals surface area contributed by atoms with E-state index in [0.29, 0.717) is 38.0 Å². The number of halogens is 3. The third-order valence-electron chi connectivity index (χ3n) is 3.41. The van der Waals surface area contributed by atoms with Crippen LogP contribution in [-0.2, 0) is 0 Å². The highest BCUT2D eigenvalue weighted by atomic mass is 35.5. The highest BCUT2D eigenvalue weighted by molar-refractivity contribution is 7.80. The van der Waals surface area contributed by atoms with Crippen LogP contribution >= 0.6 is 47.0 Å². The average Bonchev–Trinajstić information content (AvgIpc) is 2.64. The number of anilines is 1. The highest BCUT2D eigenvalue weighted by Crippen LogP contribution is 2.38. The molecule has 0 bridgehead atoms. The molecule has 6 nitrogen and oxygen atoms in total. The summed E-state index contributed by atoms with van der Waals surface area (Å²) >= 11 is 23.1. The number of benzene rings is 2. The molecule has 1 amide bonds. The highest BCUT2D eigenvalue weighted by Gasteiger charge is 2.18. The van der Waals surface area contributed by atoms with Gasteiger partial charge in [-0.15, -0.1) is 0 Å². The smallest absolute Gasteiger partial charge is 0.257 e. The Kier molecular flexibility index (Phi) is 7.38. The van der Waals surface area contributed by atoms with E-state index in [1.807, 2.05) is 0 Å². The van der Waals surface area contributed by atoms with Crippen LogP contribution in [0.5, 0.6) is 17.2 Å². The number of nitrogens with one attached hydrogen (secondary N) is 2. The lowest BCUT2D eigenvalue weighted by molar-refractivity contribution is 0.0977. The van der Waals surface area contributed by atoms with Crippen LogP contribution < -0.4 is 24.8 Å². The predicted molar refractivity (Wildman–Crippen MR) is 111 cm³/mol. The minimum atomic E-state index is -0.483. The molecule has 0 radical (unpaired) electrons. The molecule has 2 rings (SSSR count). The largest absolute Gasteiger partial charge is 0.493 e. The molecule has 0 atom stereocenters. The predicted octanol–water partition coefficient (Wildman–Crippen LogP) is 4.80. The Morgan fingerprint density at radius 2 is 1.44 bits per heavy atom. The summed E-state index contributed by atoms with van der Waals surface area (Å²) in [6, 6.07) is 5.98. The van der Waals surface area contributed by atoms with Gasteiger partial charge in [0.1, 0.15) is 0 Å². The molecule has 0 heterocycles. The van der Waals surface area contributed by atoms with Crippen LogP contribution in [0.3, 0.4) is 0 Å². The summed E-state index contributed by atoms with van der Waals surface area (Å²) in [5.74, 6) is 0.574. The summed E-state index contributed by atoms with van der Waals surface area (Å²) in [5.41, 5.74) is 0.662. The Morgan fingerprint density at radius 3 is 1.96 bits per heavy atom. The van der Waals surface area contributed by atoms with Crippen molar-refractivity contribution in [2.45, 2.75) is 0 Å². The molecule has 10 heteroatoms. The fourth-order valence-electron chi connectivity index (χ4n) is 2.16. The Labute approximate surface area is 176 Å². The Morgan fingerprint density at radius 1 is 0.889 bits per heavy atom. The molecule has 0 aromatic heterocycles. The SMILES string of the molecule is COc1cc(C(=O)NC(=S)Nc2cc(Cl)c(Cl)cc2Cl)cc(OC)c1OC. The maximum absolute atomic E-state index is 12.5. The van der Waals surface area contributed by atoms with E-state index < -0.39 is 5.91 Å². The minimum absolute atomic E-state index is 0.0223. The minimum Gasteiger partial charge on any atom is -0.493 e. The van der Waals surface area contributed by atoms with Crippen LogP contribution in [-0.4, -0.2) is 32.3 Å². The third kappa shape index (κ3) is 5.07. The Bertz CT molecular complexity index is 868. The molecule has 2 N–H and O–H groups in total. The number of carbonyl (C=O) groups is 1. The van der Waals surface area contributed by atoms with Crippen LogP contribution in [0.4, 0.5) is 5.69 Å². The van der Waals surface area contributed by atoms with Crippen molar-refractivity contribution in [2.24, 2.45) is 0 Å². The van der Waals surface area contributed by atoms with Crippen LogP contribution in [0.2, 0.25) is 15.1 Å². The van der Waals surface area contributed by atoms with Crippen molar-refractivity contribution >= 4 is 63.7 Å². The maximum Gasteiger partial charge on any atom is 0.257 e. The number of ether oxygens (including phenoxy) is 3. The molecule has 0 aliphatic carbocycles. The second-order valence-electron chi connectivity index (χ2n) is 5.07.